The molecule has 0 atom stereocenters. The Kier molecular flexibility index (Phi) is 5.12. The maximum absolute atomic E-state index is 12.6. The van der Waals surface area contributed by atoms with E-state index >= 15 is 0 Å². The van der Waals surface area contributed by atoms with E-state index in [0.29, 0.717) is 17.3 Å². The van der Waals surface area contributed by atoms with Crippen LogP contribution in [0.25, 0.3) is 0 Å². The van der Waals surface area contributed by atoms with E-state index in [2.05, 4.69) is 11.6 Å². The minimum atomic E-state index is -0.270. The van der Waals surface area contributed by atoms with Crippen molar-refractivity contribution in [2.24, 2.45) is 0 Å². The molecule has 0 bridgehead atoms. The van der Waals surface area contributed by atoms with E-state index in [1.54, 1.807) is 23.1 Å². The van der Waals surface area contributed by atoms with E-state index < -0.39 is 0 Å². The highest BCUT2D eigenvalue weighted by atomic mass is 35.5. The molecule has 0 unspecified atom stereocenters. The topological polar surface area (TPSA) is 33.2 Å². The molecule has 0 aliphatic rings. The number of nitrogens with zero attached hydrogens (tertiary/aromatic N) is 2. The molecule has 0 fully saturated rings. The van der Waals surface area contributed by atoms with Gasteiger partial charge in [-0.3, -0.25) is 4.79 Å². The van der Waals surface area contributed by atoms with Crippen molar-refractivity contribution in [2.45, 2.75) is 39.7 Å². The molecule has 1 aromatic rings. The maximum atomic E-state index is 12.6. The van der Waals surface area contributed by atoms with E-state index in [-0.39, 0.29) is 11.4 Å². The van der Waals surface area contributed by atoms with Crippen molar-refractivity contribution in [3.63, 3.8) is 0 Å². The average molecular weight is 281 g/mol. The van der Waals surface area contributed by atoms with Gasteiger partial charge in [-0.1, -0.05) is 24.6 Å². The fraction of sp³-hybridized carbons (Fsp3) is 0.467. The largest absolute Gasteiger partial charge is 0.330 e. The summed E-state index contributed by atoms with van der Waals surface area (Å²) in [4.78, 5) is 18.5. The predicted octanol–water partition coefficient (Wildman–Crippen LogP) is 3.72. The lowest BCUT2D eigenvalue weighted by Gasteiger charge is -2.35. The van der Waals surface area contributed by atoms with E-state index in [1.165, 1.54) is 0 Å². The van der Waals surface area contributed by atoms with E-state index in [0.717, 1.165) is 12.1 Å². The molecule has 4 heteroatoms. The molecule has 3 nitrogen and oxygen atoms in total. The van der Waals surface area contributed by atoms with Gasteiger partial charge in [0.15, 0.2) is 0 Å². The fourth-order valence-electron chi connectivity index (χ4n) is 1.80. The van der Waals surface area contributed by atoms with Crippen LogP contribution in [0.15, 0.2) is 24.8 Å². The number of carbonyl (C=O) groups excluding carboxylic acids is 1. The third kappa shape index (κ3) is 4.06. The van der Waals surface area contributed by atoms with Gasteiger partial charge in [0.1, 0.15) is 5.15 Å². The lowest BCUT2D eigenvalue weighted by molar-refractivity contribution is 0.0616. The SMILES string of the molecule is C=CCN(C(=O)c1cc(Cl)nc(CC)c1)C(C)(C)C. The molecule has 0 radical (unpaired) electrons. The number of hydrogen-bond acceptors (Lipinski definition) is 2. The van der Waals surface area contributed by atoms with Gasteiger partial charge in [0.2, 0.25) is 0 Å². The Balaban J connectivity index is 3.16. The molecule has 0 aliphatic heterocycles. The van der Waals surface area contributed by atoms with Crippen molar-refractivity contribution in [1.29, 1.82) is 0 Å². The van der Waals surface area contributed by atoms with Gasteiger partial charge in [-0.15, -0.1) is 6.58 Å². The van der Waals surface area contributed by atoms with Gasteiger partial charge in [-0.2, -0.15) is 0 Å². The van der Waals surface area contributed by atoms with Crippen molar-refractivity contribution < 1.29 is 4.79 Å². The number of aromatic nitrogens is 1. The van der Waals surface area contributed by atoms with Crippen molar-refractivity contribution in [1.82, 2.24) is 9.88 Å². The molecule has 1 rings (SSSR count). The molecule has 19 heavy (non-hydrogen) atoms. The van der Waals surface area contributed by atoms with Gasteiger partial charge >= 0.3 is 0 Å². The molecule has 1 heterocycles. The van der Waals surface area contributed by atoms with Crippen LogP contribution in [0.1, 0.15) is 43.7 Å². The maximum Gasteiger partial charge on any atom is 0.254 e. The van der Waals surface area contributed by atoms with Crippen LogP contribution in [-0.4, -0.2) is 27.9 Å². The van der Waals surface area contributed by atoms with E-state index in [4.69, 9.17) is 11.6 Å². The highest BCUT2D eigenvalue weighted by Gasteiger charge is 2.26. The normalized spacial score (nSPS) is 11.2. The molecule has 0 aromatic carbocycles. The van der Waals surface area contributed by atoms with Crippen LogP contribution in [0.3, 0.4) is 0 Å². The molecule has 1 amide bonds. The third-order valence-electron chi connectivity index (χ3n) is 2.82. The monoisotopic (exact) mass is 280 g/mol. The van der Waals surface area contributed by atoms with Crippen LogP contribution in [0.4, 0.5) is 0 Å². The fourth-order valence-corrected chi connectivity index (χ4v) is 2.03. The summed E-state index contributed by atoms with van der Waals surface area (Å²) < 4.78 is 0. The van der Waals surface area contributed by atoms with Gasteiger partial charge in [-0.05, 0) is 39.3 Å². The first-order valence-corrected chi connectivity index (χ1v) is 6.76. The van der Waals surface area contributed by atoms with E-state index in [9.17, 15) is 4.79 Å². The van der Waals surface area contributed by atoms with Gasteiger partial charge < -0.3 is 4.90 Å². The lowest BCUT2D eigenvalue weighted by atomic mass is 10.0. The Morgan fingerprint density at radius 2 is 2.11 bits per heavy atom. The smallest absolute Gasteiger partial charge is 0.254 e. The number of rotatable bonds is 4. The molecule has 0 spiro atoms. The van der Waals surface area contributed by atoms with Crippen LogP contribution >= 0.6 is 11.6 Å². The van der Waals surface area contributed by atoms with Crippen LogP contribution in [0.2, 0.25) is 5.15 Å². The molecule has 1 aromatic heterocycles. The second-order valence-electron chi connectivity index (χ2n) is 5.40. The zero-order valence-electron chi connectivity index (χ0n) is 12.0. The Bertz CT molecular complexity index is 478. The molecule has 0 saturated heterocycles. The van der Waals surface area contributed by atoms with Crippen molar-refractivity contribution >= 4 is 17.5 Å². The van der Waals surface area contributed by atoms with Crippen molar-refractivity contribution in [3.05, 3.63) is 41.2 Å². The Morgan fingerprint density at radius 1 is 1.47 bits per heavy atom. The zero-order valence-corrected chi connectivity index (χ0v) is 12.8. The standard InChI is InChI=1S/C15H21ClN2O/c1-6-8-18(15(3,4)5)14(19)11-9-12(7-2)17-13(16)10-11/h6,9-10H,1,7-8H2,2-5H3. The Labute approximate surface area is 120 Å². The van der Waals surface area contributed by atoms with Crippen molar-refractivity contribution in [3.8, 4) is 0 Å². The summed E-state index contributed by atoms with van der Waals surface area (Å²) in [5.41, 5.74) is 1.13. The summed E-state index contributed by atoms with van der Waals surface area (Å²) in [5, 5.41) is 0.357. The summed E-state index contributed by atoms with van der Waals surface area (Å²) in [7, 11) is 0. The number of halogens is 1. The van der Waals surface area contributed by atoms with E-state index in [1.807, 2.05) is 27.7 Å². The summed E-state index contributed by atoms with van der Waals surface area (Å²) in [6.07, 6.45) is 2.48. The predicted molar refractivity (Wildman–Crippen MR) is 79.6 cm³/mol. The molecule has 0 aliphatic carbocycles. The first kappa shape index (κ1) is 15.7. The zero-order chi connectivity index (χ0) is 14.6. The first-order chi connectivity index (χ1) is 8.79. The molecular formula is C15H21ClN2O. The quantitative estimate of drug-likeness (QED) is 0.622. The van der Waals surface area contributed by atoms with Gasteiger partial charge in [0.25, 0.3) is 5.91 Å². The van der Waals surface area contributed by atoms with Gasteiger partial charge in [0, 0.05) is 23.3 Å². The number of hydrogen-bond donors (Lipinski definition) is 0. The second kappa shape index (κ2) is 6.20. The van der Waals surface area contributed by atoms with Gasteiger partial charge in [0.05, 0.1) is 0 Å². The van der Waals surface area contributed by atoms with Gasteiger partial charge in [-0.25, -0.2) is 4.98 Å². The van der Waals surface area contributed by atoms with Crippen LogP contribution in [0.5, 0.6) is 0 Å². The summed E-state index contributed by atoms with van der Waals surface area (Å²) in [6.45, 7) is 12.2. The van der Waals surface area contributed by atoms with Crippen LogP contribution < -0.4 is 0 Å². The first-order valence-electron chi connectivity index (χ1n) is 6.39. The molecule has 0 N–H and O–H groups in total. The van der Waals surface area contributed by atoms with Crippen LogP contribution in [0, 0.1) is 0 Å². The number of amides is 1. The molecule has 104 valence electrons. The molecule has 0 saturated carbocycles. The summed E-state index contributed by atoms with van der Waals surface area (Å²) in [6, 6.07) is 3.42. The molecular weight excluding hydrogens is 260 g/mol. The Hall–Kier alpha value is -1.35. The minimum Gasteiger partial charge on any atom is -0.330 e. The van der Waals surface area contributed by atoms with Crippen LogP contribution in [-0.2, 0) is 6.42 Å². The highest BCUT2D eigenvalue weighted by molar-refractivity contribution is 6.29. The third-order valence-corrected chi connectivity index (χ3v) is 3.02. The number of aryl methyl sites for hydroxylation is 1. The highest BCUT2D eigenvalue weighted by Crippen LogP contribution is 2.19. The Morgan fingerprint density at radius 3 is 2.58 bits per heavy atom. The van der Waals surface area contributed by atoms with Crippen molar-refractivity contribution in [2.75, 3.05) is 6.54 Å². The summed E-state index contributed by atoms with van der Waals surface area (Å²) in [5.74, 6) is -0.0496. The number of pyridine rings is 1. The number of carbonyl (C=O) groups is 1. The minimum absolute atomic E-state index is 0.0496. The average Bonchev–Trinajstić information content (AvgIpc) is 2.32. The summed E-state index contributed by atoms with van der Waals surface area (Å²) >= 11 is 5.97. The second-order valence-corrected chi connectivity index (χ2v) is 5.79. The lowest BCUT2D eigenvalue weighted by Crippen LogP contribution is -2.45.